The first-order chi connectivity index (χ1) is 12.6. The van der Waals surface area contributed by atoms with Crippen molar-refractivity contribution in [3.63, 3.8) is 0 Å². The van der Waals surface area contributed by atoms with Crippen molar-refractivity contribution in [2.45, 2.75) is 12.5 Å². The van der Waals surface area contributed by atoms with Crippen LogP contribution in [0.4, 0.5) is 0 Å². The Morgan fingerprint density at radius 2 is 1.31 bits per heavy atom. The molecule has 0 bridgehead atoms. The third-order valence-corrected chi connectivity index (χ3v) is 4.14. The number of benzene rings is 3. The lowest BCUT2D eigenvalue weighted by molar-refractivity contribution is -0.139. The second kappa shape index (κ2) is 8.12. The molecule has 0 aliphatic carbocycles. The highest BCUT2D eigenvalue weighted by molar-refractivity contribution is 5.96. The summed E-state index contributed by atoms with van der Waals surface area (Å²) in [6.45, 7) is 0. The number of aliphatic carboxylic acids is 1. The van der Waals surface area contributed by atoms with Crippen LogP contribution in [0.2, 0.25) is 0 Å². The van der Waals surface area contributed by atoms with Gasteiger partial charge in [0.1, 0.15) is 6.04 Å². The minimum Gasteiger partial charge on any atom is -0.480 e. The molecular weight excluding hydrogens is 326 g/mol. The number of carboxylic acid groups (broad SMARTS) is 1. The Balaban J connectivity index is 1.70. The minimum atomic E-state index is -1.05. The first kappa shape index (κ1) is 17.4. The van der Waals surface area contributed by atoms with Gasteiger partial charge < -0.3 is 10.4 Å². The molecule has 3 aromatic rings. The fourth-order valence-corrected chi connectivity index (χ4v) is 2.73. The predicted molar refractivity (Wildman–Crippen MR) is 101 cm³/mol. The summed E-state index contributed by atoms with van der Waals surface area (Å²) in [4.78, 5) is 23.8. The normalized spacial score (nSPS) is 11.5. The minimum absolute atomic E-state index is 0.225. The zero-order valence-electron chi connectivity index (χ0n) is 14.1. The van der Waals surface area contributed by atoms with Crippen molar-refractivity contribution >= 4 is 11.9 Å². The van der Waals surface area contributed by atoms with Crippen molar-refractivity contribution in [2.75, 3.05) is 0 Å². The van der Waals surface area contributed by atoms with Gasteiger partial charge in [0.15, 0.2) is 0 Å². The van der Waals surface area contributed by atoms with Crippen LogP contribution in [0, 0.1) is 0 Å². The average molecular weight is 345 g/mol. The van der Waals surface area contributed by atoms with Gasteiger partial charge in [-0.25, -0.2) is 4.79 Å². The van der Waals surface area contributed by atoms with Gasteiger partial charge in [0, 0.05) is 12.0 Å². The fourth-order valence-electron chi connectivity index (χ4n) is 2.73. The summed E-state index contributed by atoms with van der Waals surface area (Å²) < 4.78 is 0. The number of carbonyl (C=O) groups excluding carboxylic acids is 1. The molecule has 26 heavy (non-hydrogen) atoms. The Morgan fingerprint density at radius 1 is 0.769 bits per heavy atom. The molecule has 4 nitrogen and oxygen atoms in total. The van der Waals surface area contributed by atoms with Crippen LogP contribution in [0.5, 0.6) is 0 Å². The van der Waals surface area contributed by atoms with E-state index in [2.05, 4.69) is 5.32 Å². The van der Waals surface area contributed by atoms with Gasteiger partial charge in [0.25, 0.3) is 5.91 Å². The lowest BCUT2D eigenvalue weighted by atomic mass is 10.0. The molecule has 0 fully saturated rings. The second-order valence-corrected chi connectivity index (χ2v) is 6.00. The van der Waals surface area contributed by atoms with E-state index in [0.29, 0.717) is 5.56 Å². The Kier molecular flexibility index (Phi) is 5.44. The molecule has 1 amide bonds. The first-order valence-corrected chi connectivity index (χ1v) is 8.36. The van der Waals surface area contributed by atoms with Crippen LogP contribution in [0.15, 0.2) is 84.9 Å². The van der Waals surface area contributed by atoms with Crippen molar-refractivity contribution in [3.8, 4) is 11.1 Å². The van der Waals surface area contributed by atoms with Gasteiger partial charge in [-0.15, -0.1) is 0 Å². The zero-order valence-corrected chi connectivity index (χ0v) is 14.1. The molecule has 0 radical (unpaired) electrons. The molecule has 0 aromatic heterocycles. The summed E-state index contributed by atoms with van der Waals surface area (Å²) in [6, 6.07) is 25.3. The lowest BCUT2D eigenvalue weighted by Crippen LogP contribution is -2.42. The number of nitrogens with one attached hydrogen (secondary N) is 1. The van der Waals surface area contributed by atoms with Gasteiger partial charge in [-0.05, 0) is 28.8 Å². The summed E-state index contributed by atoms with van der Waals surface area (Å²) in [6.07, 6.45) is 0.225. The summed E-state index contributed by atoms with van der Waals surface area (Å²) >= 11 is 0. The van der Waals surface area contributed by atoms with E-state index in [9.17, 15) is 14.7 Å². The maximum absolute atomic E-state index is 12.2. The van der Waals surface area contributed by atoms with Crippen molar-refractivity contribution in [1.29, 1.82) is 0 Å². The van der Waals surface area contributed by atoms with Gasteiger partial charge in [-0.2, -0.15) is 0 Å². The molecule has 0 aliphatic heterocycles. The SMILES string of the molecule is O=C(NC(Cc1ccc(-c2ccccc2)cc1)C(=O)O)c1ccccc1. The predicted octanol–water partition coefficient (Wildman–Crippen LogP) is 3.78. The van der Waals surface area contributed by atoms with Crippen LogP contribution in [0.25, 0.3) is 11.1 Å². The van der Waals surface area contributed by atoms with E-state index in [4.69, 9.17) is 0 Å². The van der Waals surface area contributed by atoms with Gasteiger partial charge >= 0.3 is 5.97 Å². The van der Waals surface area contributed by atoms with E-state index >= 15 is 0 Å². The van der Waals surface area contributed by atoms with Gasteiger partial charge in [0.05, 0.1) is 0 Å². The third kappa shape index (κ3) is 4.36. The van der Waals surface area contributed by atoms with Crippen LogP contribution in [-0.4, -0.2) is 23.0 Å². The molecule has 4 heteroatoms. The summed E-state index contributed by atoms with van der Waals surface area (Å²) in [5.41, 5.74) is 3.46. The van der Waals surface area contributed by atoms with Crippen LogP contribution in [0.1, 0.15) is 15.9 Å². The molecule has 3 rings (SSSR count). The Labute approximate surface area is 152 Å². The number of rotatable bonds is 6. The van der Waals surface area contributed by atoms with Crippen LogP contribution >= 0.6 is 0 Å². The third-order valence-electron chi connectivity index (χ3n) is 4.14. The van der Waals surface area contributed by atoms with Gasteiger partial charge in [0.2, 0.25) is 0 Å². The molecule has 0 saturated carbocycles. The maximum atomic E-state index is 12.2. The number of hydrogen-bond acceptors (Lipinski definition) is 2. The van der Waals surface area contributed by atoms with Gasteiger partial charge in [-0.3, -0.25) is 4.79 Å². The van der Waals surface area contributed by atoms with Crippen LogP contribution < -0.4 is 5.32 Å². The maximum Gasteiger partial charge on any atom is 0.326 e. The first-order valence-electron chi connectivity index (χ1n) is 8.36. The smallest absolute Gasteiger partial charge is 0.326 e. The summed E-state index contributed by atoms with van der Waals surface area (Å²) in [5.74, 6) is -1.44. The highest BCUT2D eigenvalue weighted by Crippen LogP contribution is 2.19. The number of carbonyl (C=O) groups is 2. The number of amides is 1. The van der Waals surface area contributed by atoms with Crippen LogP contribution in [-0.2, 0) is 11.2 Å². The van der Waals surface area contributed by atoms with E-state index in [-0.39, 0.29) is 12.3 Å². The van der Waals surface area contributed by atoms with E-state index < -0.39 is 12.0 Å². The summed E-state index contributed by atoms with van der Waals surface area (Å²) in [5, 5.41) is 12.0. The molecular formula is C22H19NO3. The van der Waals surface area contributed by atoms with E-state index in [0.717, 1.165) is 16.7 Å². The van der Waals surface area contributed by atoms with Crippen molar-refractivity contribution < 1.29 is 14.7 Å². The highest BCUT2D eigenvalue weighted by atomic mass is 16.4. The number of carboxylic acids is 1. The monoisotopic (exact) mass is 345 g/mol. The Bertz CT molecular complexity index is 874. The van der Waals surface area contributed by atoms with E-state index in [1.54, 1.807) is 30.3 Å². The largest absolute Gasteiger partial charge is 0.480 e. The molecule has 130 valence electrons. The van der Waals surface area contributed by atoms with E-state index in [1.807, 2.05) is 54.6 Å². The molecule has 0 heterocycles. The Morgan fingerprint density at radius 3 is 1.88 bits per heavy atom. The Hall–Kier alpha value is -3.40. The molecule has 1 atom stereocenters. The molecule has 3 aromatic carbocycles. The quantitative estimate of drug-likeness (QED) is 0.714. The zero-order chi connectivity index (χ0) is 18.4. The number of hydrogen-bond donors (Lipinski definition) is 2. The van der Waals surface area contributed by atoms with Crippen LogP contribution in [0.3, 0.4) is 0 Å². The van der Waals surface area contributed by atoms with Crippen molar-refractivity contribution in [2.24, 2.45) is 0 Å². The second-order valence-electron chi connectivity index (χ2n) is 6.00. The molecule has 0 spiro atoms. The molecule has 0 aliphatic rings. The topological polar surface area (TPSA) is 66.4 Å². The molecule has 0 saturated heterocycles. The molecule has 1 unspecified atom stereocenters. The lowest BCUT2D eigenvalue weighted by Gasteiger charge is -2.15. The fraction of sp³-hybridized carbons (Fsp3) is 0.0909. The molecule has 2 N–H and O–H groups in total. The summed E-state index contributed by atoms with van der Waals surface area (Å²) in [7, 11) is 0. The van der Waals surface area contributed by atoms with E-state index in [1.165, 1.54) is 0 Å². The average Bonchev–Trinajstić information content (AvgIpc) is 2.69. The van der Waals surface area contributed by atoms with Crippen molar-refractivity contribution in [3.05, 3.63) is 96.1 Å². The van der Waals surface area contributed by atoms with Crippen molar-refractivity contribution in [1.82, 2.24) is 5.32 Å². The highest BCUT2D eigenvalue weighted by Gasteiger charge is 2.21. The standard InChI is InChI=1S/C22H19NO3/c24-21(19-9-5-2-6-10-19)23-20(22(25)26)15-16-11-13-18(14-12-16)17-7-3-1-4-8-17/h1-14,20H,15H2,(H,23,24)(H,25,26). The van der Waals surface area contributed by atoms with Gasteiger partial charge in [-0.1, -0.05) is 72.8 Å².